The predicted octanol–water partition coefficient (Wildman–Crippen LogP) is 3.68. The molecule has 3 rings (SSSR count). The van der Waals surface area contributed by atoms with E-state index < -0.39 is 4.92 Å². The Morgan fingerprint density at radius 1 is 1.21 bits per heavy atom. The quantitative estimate of drug-likeness (QED) is 0.461. The summed E-state index contributed by atoms with van der Waals surface area (Å²) in [7, 11) is 0. The number of nitro groups is 1. The van der Waals surface area contributed by atoms with Crippen LogP contribution in [0.1, 0.15) is 17.7 Å². The molecule has 1 aromatic carbocycles. The smallest absolute Gasteiger partial charge is 0.309 e. The number of carbonyl (C=O) groups excluding carboxylic acids is 1. The van der Waals surface area contributed by atoms with Crippen LogP contribution in [0, 0.1) is 17.0 Å². The first-order valence-corrected chi connectivity index (χ1v) is 9.03. The first-order chi connectivity index (χ1) is 13.3. The lowest BCUT2D eigenvalue weighted by atomic mass is 10.2. The summed E-state index contributed by atoms with van der Waals surface area (Å²) in [4.78, 5) is 22.4. The first-order valence-electron chi connectivity index (χ1n) is 8.27. The number of nitrogens with zero attached hydrogens (tertiary/aromatic N) is 5. The highest BCUT2D eigenvalue weighted by atomic mass is 35.5. The summed E-state index contributed by atoms with van der Waals surface area (Å²) in [6.07, 6.45) is 3.16. The lowest BCUT2D eigenvalue weighted by molar-refractivity contribution is -0.385. The van der Waals surface area contributed by atoms with E-state index in [1.807, 2.05) is 6.07 Å². The molecular weight excluding hydrogens is 407 g/mol. The normalized spacial score (nSPS) is 10.8. The molecule has 0 saturated carbocycles. The van der Waals surface area contributed by atoms with Crippen LogP contribution in [0.3, 0.4) is 0 Å². The van der Waals surface area contributed by atoms with Gasteiger partial charge in [0.25, 0.3) is 0 Å². The summed E-state index contributed by atoms with van der Waals surface area (Å²) in [5.74, 6) is 0.142. The zero-order chi connectivity index (χ0) is 20.3. The Balaban J connectivity index is 1.54. The number of nitrogens with one attached hydrogen (secondary N) is 1. The van der Waals surface area contributed by atoms with Crippen molar-refractivity contribution in [3.8, 4) is 0 Å². The predicted molar refractivity (Wildman–Crippen MR) is 105 cm³/mol. The molecule has 0 fully saturated rings. The number of halogens is 2. The number of rotatable bonds is 7. The van der Waals surface area contributed by atoms with Gasteiger partial charge in [0.15, 0.2) is 5.82 Å². The second kappa shape index (κ2) is 8.41. The molecule has 3 aromatic rings. The van der Waals surface area contributed by atoms with Gasteiger partial charge in [0.2, 0.25) is 5.91 Å². The SMILES string of the molecule is Cc1nn(CCC(=O)Nc2ccn(Cc3ccc(Cl)c(Cl)c3)n2)cc1[N+](=O)[O-]. The van der Waals surface area contributed by atoms with Gasteiger partial charge in [0.1, 0.15) is 11.9 Å². The van der Waals surface area contributed by atoms with Gasteiger partial charge in [0, 0.05) is 25.2 Å². The van der Waals surface area contributed by atoms with Gasteiger partial charge in [-0.2, -0.15) is 10.2 Å². The number of hydrogen-bond donors (Lipinski definition) is 1. The van der Waals surface area contributed by atoms with Crippen molar-refractivity contribution in [2.45, 2.75) is 26.4 Å². The lowest BCUT2D eigenvalue weighted by Gasteiger charge is -2.04. The molecule has 0 spiro atoms. The molecule has 2 heterocycles. The van der Waals surface area contributed by atoms with Gasteiger partial charge >= 0.3 is 5.69 Å². The Morgan fingerprint density at radius 3 is 2.68 bits per heavy atom. The van der Waals surface area contributed by atoms with Crippen LogP contribution in [0.4, 0.5) is 11.5 Å². The maximum atomic E-state index is 12.1. The summed E-state index contributed by atoms with van der Waals surface area (Å²) in [5, 5.41) is 22.8. The first kappa shape index (κ1) is 19.8. The van der Waals surface area contributed by atoms with Crippen LogP contribution < -0.4 is 5.32 Å². The van der Waals surface area contributed by atoms with Crippen LogP contribution in [0.5, 0.6) is 0 Å². The summed E-state index contributed by atoms with van der Waals surface area (Å²) < 4.78 is 3.05. The largest absolute Gasteiger partial charge is 0.309 e. The molecule has 0 aliphatic heterocycles. The lowest BCUT2D eigenvalue weighted by Crippen LogP contribution is -2.15. The molecule has 0 aliphatic rings. The Kier molecular flexibility index (Phi) is 5.96. The van der Waals surface area contributed by atoms with Crippen LogP contribution in [-0.2, 0) is 17.9 Å². The number of aromatic nitrogens is 4. The average molecular weight is 423 g/mol. The molecule has 28 heavy (non-hydrogen) atoms. The summed E-state index contributed by atoms with van der Waals surface area (Å²) in [6.45, 7) is 2.25. The van der Waals surface area contributed by atoms with Crippen molar-refractivity contribution >= 4 is 40.6 Å². The average Bonchev–Trinajstić information content (AvgIpc) is 3.22. The highest BCUT2D eigenvalue weighted by Gasteiger charge is 2.16. The topological polar surface area (TPSA) is 108 Å². The van der Waals surface area contributed by atoms with Gasteiger partial charge in [-0.25, -0.2) is 0 Å². The Labute approximate surface area is 170 Å². The van der Waals surface area contributed by atoms with E-state index in [0.29, 0.717) is 28.1 Å². The summed E-state index contributed by atoms with van der Waals surface area (Å²) in [6, 6.07) is 7.00. The number of carbonyl (C=O) groups is 1. The third-order valence-electron chi connectivity index (χ3n) is 3.92. The van der Waals surface area contributed by atoms with Crippen LogP contribution in [0.25, 0.3) is 0 Å². The molecule has 11 heteroatoms. The minimum Gasteiger partial charge on any atom is -0.309 e. The zero-order valence-electron chi connectivity index (χ0n) is 14.8. The van der Waals surface area contributed by atoms with Crippen molar-refractivity contribution < 1.29 is 9.72 Å². The molecule has 2 aromatic heterocycles. The molecule has 146 valence electrons. The van der Waals surface area contributed by atoms with Gasteiger partial charge in [-0.05, 0) is 24.6 Å². The van der Waals surface area contributed by atoms with E-state index in [-0.39, 0.29) is 24.6 Å². The van der Waals surface area contributed by atoms with Crippen LogP contribution in [-0.4, -0.2) is 30.4 Å². The standard InChI is InChI=1S/C17H16Cl2N6O3/c1-11-15(25(27)28)10-24(21-11)7-5-17(26)20-16-4-6-23(22-16)9-12-2-3-13(18)14(19)8-12/h2-4,6,8,10H,5,7,9H2,1H3,(H,20,22,26). The Hall–Kier alpha value is -2.91. The van der Waals surface area contributed by atoms with E-state index in [0.717, 1.165) is 5.56 Å². The fourth-order valence-electron chi connectivity index (χ4n) is 2.56. The maximum absolute atomic E-state index is 12.1. The highest BCUT2D eigenvalue weighted by molar-refractivity contribution is 6.42. The third-order valence-corrected chi connectivity index (χ3v) is 4.66. The Morgan fingerprint density at radius 2 is 2.00 bits per heavy atom. The van der Waals surface area contributed by atoms with Gasteiger partial charge in [-0.3, -0.25) is 24.3 Å². The molecule has 0 atom stereocenters. The fraction of sp³-hybridized carbons (Fsp3) is 0.235. The van der Waals surface area contributed by atoms with Gasteiger partial charge in [-0.1, -0.05) is 29.3 Å². The van der Waals surface area contributed by atoms with E-state index in [2.05, 4.69) is 15.5 Å². The van der Waals surface area contributed by atoms with E-state index in [9.17, 15) is 14.9 Å². The monoisotopic (exact) mass is 422 g/mol. The molecule has 0 bridgehead atoms. The molecule has 0 saturated heterocycles. The fourth-order valence-corrected chi connectivity index (χ4v) is 2.88. The molecule has 1 amide bonds. The van der Waals surface area contributed by atoms with Crippen molar-refractivity contribution in [1.82, 2.24) is 19.6 Å². The van der Waals surface area contributed by atoms with Crippen molar-refractivity contribution in [2.24, 2.45) is 0 Å². The molecule has 0 aliphatic carbocycles. The van der Waals surface area contributed by atoms with Crippen LogP contribution >= 0.6 is 23.2 Å². The summed E-state index contributed by atoms with van der Waals surface area (Å²) in [5.41, 5.74) is 1.17. The molecule has 9 nitrogen and oxygen atoms in total. The second-order valence-electron chi connectivity index (χ2n) is 6.07. The third kappa shape index (κ3) is 4.87. The van der Waals surface area contributed by atoms with Gasteiger partial charge in [-0.15, -0.1) is 0 Å². The van der Waals surface area contributed by atoms with Crippen molar-refractivity contribution in [2.75, 3.05) is 5.32 Å². The van der Waals surface area contributed by atoms with E-state index in [1.165, 1.54) is 10.9 Å². The van der Waals surface area contributed by atoms with E-state index in [4.69, 9.17) is 23.2 Å². The second-order valence-corrected chi connectivity index (χ2v) is 6.88. The van der Waals surface area contributed by atoms with Gasteiger partial charge in [0.05, 0.1) is 21.5 Å². The molecule has 1 N–H and O–H groups in total. The molecule has 0 radical (unpaired) electrons. The number of hydrogen-bond acceptors (Lipinski definition) is 5. The minimum atomic E-state index is -0.501. The molecule has 0 unspecified atom stereocenters. The zero-order valence-corrected chi connectivity index (χ0v) is 16.3. The minimum absolute atomic E-state index is 0.0681. The number of amides is 1. The Bertz CT molecular complexity index is 1030. The van der Waals surface area contributed by atoms with Gasteiger partial charge < -0.3 is 5.32 Å². The molecular formula is C17H16Cl2N6O3. The number of benzene rings is 1. The van der Waals surface area contributed by atoms with Crippen molar-refractivity contribution in [3.63, 3.8) is 0 Å². The van der Waals surface area contributed by atoms with Crippen LogP contribution in [0.2, 0.25) is 10.0 Å². The van der Waals surface area contributed by atoms with Crippen molar-refractivity contribution in [3.05, 3.63) is 68.1 Å². The summed E-state index contributed by atoms with van der Waals surface area (Å²) >= 11 is 11.9. The van der Waals surface area contributed by atoms with E-state index in [1.54, 1.807) is 36.0 Å². The maximum Gasteiger partial charge on any atom is 0.309 e. The number of aryl methyl sites for hydroxylation is 2. The highest BCUT2D eigenvalue weighted by Crippen LogP contribution is 2.23. The van der Waals surface area contributed by atoms with Crippen molar-refractivity contribution in [1.29, 1.82) is 0 Å². The number of anilines is 1. The van der Waals surface area contributed by atoms with Crippen LogP contribution in [0.15, 0.2) is 36.7 Å². The van der Waals surface area contributed by atoms with E-state index >= 15 is 0 Å².